The molecule has 0 bridgehead atoms. The number of hydrogen-bond donors (Lipinski definition) is 4. The highest BCUT2D eigenvalue weighted by Gasteiger charge is 2.12. The van der Waals surface area contributed by atoms with Crippen LogP contribution in [0.15, 0.2) is 60.7 Å². The maximum atomic E-state index is 13.5. The smallest absolute Gasteiger partial charge is 0.335 e. The molecule has 0 amide bonds. The van der Waals surface area contributed by atoms with E-state index >= 15 is 0 Å². The highest BCUT2D eigenvalue weighted by molar-refractivity contribution is 7.80. The minimum Gasteiger partial charge on any atom is -0.495 e. The molecule has 9 heteroatoms. The quantitative estimate of drug-likeness (QED) is 0.293. The number of fused-ring (bicyclic) bond motifs is 1. The fourth-order valence-corrected chi connectivity index (χ4v) is 3.50. The number of benzene rings is 3. The Morgan fingerprint density at radius 1 is 1.03 bits per heavy atom. The fourth-order valence-electron chi connectivity index (χ4n) is 3.27. The Bertz CT molecular complexity index is 1310. The number of carbonyl (C=O) groups is 1. The predicted molar refractivity (Wildman–Crippen MR) is 123 cm³/mol. The van der Waals surface area contributed by atoms with E-state index in [1.54, 1.807) is 36.4 Å². The van der Waals surface area contributed by atoms with Crippen LogP contribution in [-0.4, -0.2) is 28.3 Å². The molecule has 0 unspecified atom stereocenters. The van der Waals surface area contributed by atoms with Crippen molar-refractivity contribution in [2.24, 2.45) is 0 Å². The second-order valence-corrected chi connectivity index (χ2v) is 7.32. The van der Waals surface area contributed by atoms with Crippen LogP contribution in [0.2, 0.25) is 0 Å². The summed E-state index contributed by atoms with van der Waals surface area (Å²) in [6, 6.07) is 15.5. The minimum atomic E-state index is -1.04. The largest absolute Gasteiger partial charge is 0.495 e. The van der Waals surface area contributed by atoms with Crippen molar-refractivity contribution in [2.45, 2.75) is 0 Å². The zero-order chi connectivity index (χ0) is 22.8. The van der Waals surface area contributed by atoms with Gasteiger partial charge in [-0.3, -0.25) is 0 Å². The van der Waals surface area contributed by atoms with Gasteiger partial charge in [-0.1, -0.05) is 6.07 Å². The van der Waals surface area contributed by atoms with Crippen molar-refractivity contribution in [3.8, 4) is 17.0 Å². The molecule has 0 aliphatic heterocycles. The van der Waals surface area contributed by atoms with Gasteiger partial charge in [-0.05, 0) is 60.7 Å². The first-order chi connectivity index (χ1) is 15.3. The molecule has 6 nitrogen and oxygen atoms in total. The molecule has 0 spiro atoms. The summed E-state index contributed by atoms with van der Waals surface area (Å²) in [5.74, 6) is -2.36. The Labute approximate surface area is 186 Å². The molecule has 1 heterocycles. The summed E-state index contributed by atoms with van der Waals surface area (Å²) >= 11 is 5.36. The summed E-state index contributed by atoms with van der Waals surface area (Å²) in [6.45, 7) is 0. The van der Waals surface area contributed by atoms with E-state index in [9.17, 15) is 13.6 Å². The van der Waals surface area contributed by atoms with Crippen LogP contribution in [0.1, 0.15) is 10.4 Å². The molecule has 0 saturated heterocycles. The van der Waals surface area contributed by atoms with Crippen LogP contribution in [0.3, 0.4) is 0 Å². The highest BCUT2D eigenvalue weighted by atomic mass is 32.1. The van der Waals surface area contributed by atoms with Crippen LogP contribution in [0.4, 0.5) is 20.2 Å². The normalized spacial score (nSPS) is 10.7. The number of rotatable bonds is 5. The van der Waals surface area contributed by atoms with Crippen molar-refractivity contribution in [1.82, 2.24) is 4.98 Å². The van der Waals surface area contributed by atoms with E-state index in [0.717, 1.165) is 17.7 Å². The molecule has 0 aliphatic rings. The minimum absolute atomic E-state index is 0.129. The summed E-state index contributed by atoms with van der Waals surface area (Å²) in [4.78, 5) is 14.2. The van der Waals surface area contributed by atoms with Gasteiger partial charge in [0.25, 0.3) is 0 Å². The summed E-state index contributed by atoms with van der Waals surface area (Å²) in [7, 11) is 1.52. The van der Waals surface area contributed by atoms with E-state index in [0.29, 0.717) is 33.7 Å². The number of nitrogens with one attached hydrogen (secondary N) is 3. The van der Waals surface area contributed by atoms with Gasteiger partial charge >= 0.3 is 5.97 Å². The molecule has 4 aromatic rings. The van der Waals surface area contributed by atoms with Crippen molar-refractivity contribution < 1.29 is 23.4 Å². The van der Waals surface area contributed by atoms with E-state index in [1.165, 1.54) is 19.2 Å². The Morgan fingerprint density at radius 2 is 1.81 bits per heavy atom. The van der Waals surface area contributed by atoms with Gasteiger partial charge in [0.15, 0.2) is 16.7 Å². The lowest BCUT2D eigenvalue weighted by Gasteiger charge is -2.15. The summed E-state index contributed by atoms with van der Waals surface area (Å²) in [5.41, 5.74) is 3.05. The van der Waals surface area contributed by atoms with E-state index < -0.39 is 17.6 Å². The number of thiocarbonyl (C=S) groups is 1. The lowest BCUT2D eigenvalue weighted by atomic mass is 10.1. The summed E-state index contributed by atoms with van der Waals surface area (Å²) < 4.78 is 32.5. The SMILES string of the molecule is COc1ccc(-c2cc3cc(F)c(F)cc3[nH]2)cc1NC(=S)Nc1cccc(C(=O)O)c1. The Morgan fingerprint density at radius 3 is 2.56 bits per heavy atom. The van der Waals surface area contributed by atoms with E-state index in [2.05, 4.69) is 15.6 Å². The van der Waals surface area contributed by atoms with Gasteiger partial charge in [0.05, 0.1) is 18.4 Å². The second kappa shape index (κ2) is 8.64. The first-order valence-electron chi connectivity index (χ1n) is 9.41. The van der Waals surface area contributed by atoms with E-state index in [1.807, 2.05) is 0 Å². The van der Waals surface area contributed by atoms with Gasteiger partial charge in [0, 0.05) is 33.9 Å². The second-order valence-electron chi connectivity index (χ2n) is 6.92. The maximum Gasteiger partial charge on any atom is 0.335 e. The number of hydrogen-bond acceptors (Lipinski definition) is 3. The van der Waals surface area contributed by atoms with Crippen molar-refractivity contribution in [3.05, 3.63) is 77.9 Å². The third-order valence-electron chi connectivity index (χ3n) is 4.79. The van der Waals surface area contributed by atoms with Gasteiger partial charge in [0.1, 0.15) is 5.75 Å². The molecule has 0 radical (unpaired) electrons. The zero-order valence-electron chi connectivity index (χ0n) is 16.7. The molecular formula is C23H17F2N3O3S. The Hall–Kier alpha value is -3.98. The number of methoxy groups -OCH3 is 1. The van der Waals surface area contributed by atoms with Crippen LogP contribution in [0.5, 0.6) is 5.75 Å². The van der Waals surface area contributed by atoms with Gasteiger partial charge in [-0.25, -0.2) is 13.6 Å². The van der Waals surface area contributed by atoms with Crippen LogP contribution < -0.4 is 15.4 Å². The number of aromatic nitrogens is 1. The Kier molecular flexibility index (Phi) is 5.74. The van der Waals surface area contributed by atoms with Crippen molar-refractivity contribution in [3.63, 3.8) is 0 Å². The van der Waals surface area contributed by atoms with Crippen molar-refractivity contribution >= 4 is 45.6 Å². The van der Waals surface area contributed by atoms with Gasteiger partial charge in [-0.2, -0.15) is 0 Å². The fraction of sp³-hybridized carbons (Fsp3) is 0.0435. The third kappa shape index (κ3) is 4.37. The molecule has 0 fully saturated rings. The summed E-state index contributed by atoms with van der Waals surface area (Å²) in [5, 5.41) is 15.9. The molecular weight excluding hydrogens is 436 g/mol. The molecule has 1 aromatic heterocycles. The number of aromatic carboxylic acids is 1. The standard InChI is InChI=1S/C23H17F2N3O3S/c1-31-21-6-5-12(18-10-14-8-16(24)17(25)11-19(14)27-18)9-20(21)28-23(32)26-15-4-2-3-13(7-15)22(29)30/h2-11,27H,1H3,(H,29,30)(H2,26,28,32). The number of carboxylic acids is 1. The topological polar surface area (TPSA) is 86.4 Å². The average molecular weight is 453 g/mol. The predicted octanol–water partition coefficient (Wildman–Crippen LogP) is 5.63. The third-order valence-corrected chi connectivity index (χ3v) is 4.99. The molecule has 0 saturated carbocycles. The Balaban J connectivity index is 1.60. The molecule has 32 heavy (non-hydrogen) atoms. The van der Waals surface area contributed by atoms with Gasteiger partial charge < -0.3 is 25.5 Å². The van der Waals surface area contributed by atoms with Crippen LogP contribution in [0, 0.1) is 11.6 Å². The summed E-state index contributed by atoms with van der Waals surface area (Å²) in [6.07, 6.45) is 0. The van der Waals surface area contributed by atoms with E-state index in [-0.39, 0.29) is 10.7 Å². The number of anilines is 2. The van der Waals surface area contributed by atoms with Crippen LogP contribution in [0.25, 0.3) is 22.2 Å². The van der Waals surface area contributed by atoms with E-state index in [4.69, 9.17) is 22.1 Å². The molecule has 0 atom stereocenters. The van der Waals surface area contributed by atoms with Crippen molar-refractivity contribution in [2.75, 3.05) is 17.7 Å². The molecule has 0 aliphatic carbocycles. The van der Waals surface area contributed by atoms with Gasteiger partial charge in [-0.15, -0.1) is 0 Å². The van der Waals surface area contributed by atoms with Crippen molar-refractivity contribution in [1.29, 1.82) is 0 Å². The monoisotopic (exact) mass is 453 g/mol. The molecule has 3 aromatic carbocycles. The number of carboxylic acid groups (broad SMARTS) is 1. The molecule has 162 valence electrons. The first kappa shape index (κ1) is 21.3. The van der Waals surface area contributed by atoms with Gasteiger partial charge in [0.2, 0.25) is 0 Å². The molecule has 4 rings (SSSR count). The van der Waals surface area contributed by atoms with Crippen LogP contribution >= 0.6 is 12.2 Å². The average Bonchev–Trinajstić information content (AvgIpc) is 3.16. The van der Waals surface area contributed by atoms with Crippen LogP contribution in [-0.2, 0) is 0 Å². The number of aromatic amines is 1. The number of ether oxygens (including phenoxy) is 1. The highest BCUT2D eigenvalue weighted by Crippen LogP contribution is 2.32. The lowest BCUT2D eigenvalue weighted by molar-refractivity contribution is 0.0697. The number of halogens is 2. The first-order valence-corrected chi connectivity index (χ1v) is 9.82. The lowest BCUT2D eigenvalue weighted by Crippen LogP contribution is -2.19. The zero-order valence-corrected chi connectivity index (χ0v) is 17.5. The maximum absolute atomic E-state index is 13.5. The number of H-pyrrole nitrogens is 1. The molecule has 4 N–H and O–H groups in total.